The molecular weight excluding hydrogens is 116 g/mol. The van der Waals surface area contributed by atoms with Crippen molar-refractivity contribution in [2.75, 3.05) is 20.2 Å². The minimum Gasteiger partial charge on any atom is -0.373 e. The molecule has 2 saturated heterocycles. The van der Waals surface area contributed by atoms with Gasteiger partial charge in [-0.2, -0.15) is 0 Å². The molecule has 0 aromatic rings. The van der Waals surface area contributed by atoms with Crippen LogP contribution < -0.4 is 5.73 Å². The lowest BCUT2D eigenvalue weighted by atomic mass is 10.1. The predicted octanol–water partition coefficient (Wildman–Crippen LogP) is -0.973. The molecule has 0 spiro atoms. The maximum absolute atomic E-state index is 5.74. The summed E-state index contributed by atoms with van der Waals surface area (Å²) in [5.41, 5.74) is 5.74. The molecule has 9 heavy (non-hydrogen) atoms. The van der Waals surface area contributed by atoms with E-state index in [2.05, 4.69) is 11.9 Å². The third-order valence-corrected chi connectivity index (χ3v) is 2.33. The molecule has 2 rings (SSSR count). The van der Waals surface area contributed by atoms with Crippen LogP contribution in [0.3, 0.4) is 0 Å². The quantitative estimate of drug-likeness (QED) is 0.456. The summed E-state index contributed by atoms with van der Waals surface area (Å²) in [6.07, 6.45) is 0.343. The van der Waals surface area contributed by atoms with Crippen molar-refractivity contribution in [3.8, 4) is 0 Å². The van der Waals surface area contributed by atoms with E-state index in [1.807, 2.05) is 0 Å². The Kier molecular flexibility index (Phi) is 1.06. The molecule has 0 saturated carbocycles. The zero-order valence-electron chi connectivity index (χ0n) is 5.58. The summed E-state index contributed by atoms with van der Waals surface area (Å²) in [6.45, 7) is 1.88. The van der Waals surface area contributed by atoms with E-state index in [1.165, 1.54) is 0 Å². The first-order valence-electron chi connectivity index (χ1n) is 3.36. The number of fused-ring (bicyclic) bond motifs is 1. The molecule has 0 aromatic heterocycles. The molecule has 3 nitrogen and oxygen atoms in total. The van der Waals surface area contributed by atoms with Gasteiger partial charge in [0.15, 0.2) is 0 Å². The fourth-order valence-electron chi connectivity index (χ4n) is 1.65. The molecule has 2 aliphatic heterocycles. The highest BCUT2D eigenvalue weighted by molar-refractivity contribution is 5.00. The molecule has 0 bridgehead atoms. The van der Waals surface area contributed by atoms with Gasteiger partial charge in [-0.15, -0.1) is 0 Å². The molecule has 2 aliphatic rings. The zero-order chi connectivity index (χ0) is 6.43. The van der Waals surface area contributed by atoms with Gasteiger partial charge in [-0.3, -0.25) is 4.90 Å². The van der Waals surface area contributed by atoms with Crippen LogP contribution in [0.1, 0.15) is 0 Å². The SMILES string of the molecule is CN1C[C@H](N)[C@@H]2OC[C@@H]21. The van der Waals surface area contributed by atoms with Crippen molar-refractivity contribution >= 4 is 0 Å². The molecule has 0 amide bonds. The monoisotopic (exact) mass is 128 g/mol. The minimum atomic E-state index is 0.258. The lowest BCUT2D eigenvalue weighted by molar-refractivity contribution is -0.0942. The van der Waals surface area contributed by atoms with E-state index in [9.17, 15) is 0 Å². The van der Waals surface area contributed by atoms with Gasteiger partial charge in [0.2, 0.25) is 0 Å². The Hall–Kier alpha value is -0.120. The lowest BCUT2D eigenvalue weighted by Gasteiger charge is -2.35. The average molecular weight is 128 g/mol. The van der Waals surface area contributed by atoms with Crippen molar-refractivity contribution in [2.45, 2.75) is 18.2 Å². The molecule has 0 unspecified atom stereocenters. The number of rotatable bonds is 0. The molecule has 0 radical (unpaired) electrons. The van der Waals surface area contributed by atoms with Gasteiger partial charge < -0.3 is 10.5 Å². The Morgan fingerprint density at radius 1 is 1.67 bits per heavy atom. The molecule has 2 N–H and O–H groups in total. The Balaban J connectivity index is 2.08. The summed E-state index contributed by atoms with van der Waals surface area (Å²) < 4.78 is 5.27. The van der Waals surface area contributed by atoms with Gasteiger partial charge in [-0.1, -0.05) is 0 Å². The van der Waals surface area contributed by atoms with Crippen molar-refractivity contribution < 1.29 is 4.74 Å². The average Bonchev–Trinajstić information content (AvgIpc) is 1.73. The number of ether oxygens (including phenoxy) is 1. The number of likely N-dealkylation sites (N-methyl/N-ethyl adjacent to an activating group) is 1. The second-order valence-electron chi connectivity index (χ2n) is 2.97. The molecule has 0 aliphatic carbocycles. The van der Waals surface area contributed by atoms with E-state index in [1.54, 1.807) is 0 Å². The number of hydrogen-bond donors (Lipinski definition) is 1. The summed E-state index contributed by atoms with van der Waals surface area (Å²) in [6, 6.07) is 0.883. The largest absolute Gasteiger partial charge is 0.373 e. The van der Waals surface area contributed by atoms with Gasteiger partial charge in [0.05, 0.1) is 18.8 Å². The van der Waals surface area contributed by atoms with Crippen molar-refractivity contribution in [2.24, 2.45) is 5.73 Å². The van der Waals surface area contributed by atoms with Crippen molar-refractivity contribution in [3.63, 3.8) is 0 Å². The zero-order valence-corrected chi connectivity index (χ0v) is 5.58. The number of likely N-dealkylation sites (tertiary alicyclic amines) is 1. The maximum atomic E-state index is 5.74. The van der Waals surface area contributed by atoms with Crippen LogP contribution in [0.2, 0.25) is 0 Å². The van der Waals surface area contributed by atoms with Gasteiger partial charge in [0, 0.05) is 12.6 Å². The van der Waals surface area contributed by atoms with E-state index in [4.69, 9.17) is 10.5 Å². The Morgan fingerprint density at radius 2 is 2.44 bits per heavy atom. The fraction of sp³-hybridized carbons (Fsp3) is 1.00. The second-order valence-corrected chi connectivity index (χ2v) is 2.97. The van der Waals surface area contributed by atoms with Crippen molar-refractivity contribution in [1.29, 1.82) is 0 Å². The van der Waals surface area contributed by atoms with Gasteiger partial charge in [-0.05, 0) is 7.05 Å². The van der Waals surface area contributed by atoms with Crippen LogP contribution in [-0.2, 0) is 4.74 Å². The van der Waals surface area contributed by atoms with Crippen LogP contribution >= 0.6 is 0 Å². The number of nitrogens with two attached hydrogens (primary N) is 1. The minimum absolute atomic E-state index is 0.258. The molecule has 0 aromatic carbocycles. The highest BCUT2D eigenvalue weighted by Gasteiger charge is 2.45. The van der Waals surface area contributed by atoms with E-state index >= 15 is 0 Å². The molecule has 3 atom stereocenters. The topological polar surface area (TPSA) is 38.5 Å². The van der Waals surface area contributed by atoms with Crippen LogP contribution in [-0.4, -0.2) is 43.3 Å². The fourth-order valence-corrected chi connectivity index (χ4v) is 1.65. The van der Waals surface area contributed by atoms with Crippen LogP contribution in [0.4, 0.5) is 0 Å². The van der Waals surface area contributed by atoms with Crippen LogP contribution in [0.25, 0.3) is 0 Å². The summed E-state index contributed by atoms with van der Waals surface area (Å²) in [5.74, 6) is 0. The second kappa shape index (κ2) is 1.68. The molecular formula is C6H12N2O. The van der Waals surface area contributed by atoms with Crippen LogP contribution in [0.5, 0.6) is 0 Å². The predicted molar refractivity (Wildman–Crippen MR) is 34.1 cm³/mol. The third-order valence-electron chi connectivity index (χ3n) is 2.33. The molecule has 2 heterocycles. The highest BCUT2D eigenvalue weighted by Crippen LogP contribution is 2.26. The maximum Gasteiger partial charge on any atom is 0.0916 e. The van der Waals surface area contributed by atoms with Gasteiger partial charge >= 0.3 is 0 Å². The van der Waals surface area contributed by atoms with Crippen LogP contribution in [0, 0.1) is 0 Å². The lowest BCUT2D eigenvalue weighted by Crippen LogP contribution is -2.52. The van der Waals surface area contributed by atoms with Gasteiger partial charge in [0.25, 0.3) is 0 Å². The number of hydrogen-bond acceptors (Lipinski definition) is 3. The first kappa shape index (κ1) is 5.65. The summed E-state index contributed by atoms with van der Waals surface area (Å²) in [4.78, 5) is 2.28. The normalized spacial score (nSPS) is 50.7. The smallest absolute Gasteiger partial charge is 0.0916 e. The van der Waals surface area contributed by atoms with E-state index in [0.29, 0.717) is 12.1 Å². The highest BCUT2D eigenvalue weighted by atomic mass is 16.5. The Labute approximate surface area is 54.8 Å². The Bertz CT molecular complexity index is 114. The summed E-state index contributed by atoms with van der Waals surface area (Å²) >= 11 is 0. The number of nitrogens with zero attached hydrogens (tertiary/aromatic N) is 1. The first-order valence-corrected chi connectivity index (χ1v) is 3.36. The van der Waals surface area contributed by atoms with E-state index in [-0.39, 0.29) is 6.04 Å². The van der Waals surface area contributed by atoms with Gasteiger partial charge in [0.1, 0.15) is 0 Å². The Morgan fingerprint density at radius 3 is 2.67 bits per heavy atom. The first-order chi connectivity index (χ1) is 4.29. The van der Waals surface area contributed by atoms with E-state index < -0.39 is 0 Å². The van der Waals surface area contributed by atoms with Crippen molar-refractivity contribution in [1.82, 2.24) is 4.90 Å². The molecule has 52 valence electrons. The molecule has 2 fully saturated rings. The standard InChI is InChI=1S/C6H12N2O/c1-8-2-4(7)6-5(8)3-9-6/h4-6H,2-3,7H2,1H3/t4-,5-,6-/m0/s1. The van der Waals surface area contributed by atoms with E-state index in [0.717, 1.165) is 13.2 Å². The van der Waals surface area contributed by atoms with Gasteiger partial charge in [-0.25, -0.2) is 0 Å². The van der Waals surface area contributed by atoms with Crippen molar-refractivity contribution in [3.05, 3.63) is 0 Å². The summed E-state index contributed by atoms with van der Waals surface area (Å²) in [5, 5.41) is 0. The summed E-state index contributed by atoms with van der Waals surface area (Å²) in [7, 11) is 2.10. The third kappa shape index (κ3) is 0.625. The van der Waals surface area contributed by atoms with Crippen LogP contribution in [0.15, 0.2) is 0 Å². The molecule has 3 heteroatoms.